The molecule has 1 aromatic carbocycles. The Balaban J connectivity index is 0.00000676. The average Bonchev–Trinajstić information content (AvgIpc) is 2.67. The Morgan fingerprint density at radius 2 is 1.93 bits per heavy atom. The average molecular weight is 495 g/mol. The summed E-state index contributed by atoms with van der Waals surface area (Å²) in [6.07, 6.45) is 2.07. The van der Waals surface area contributed by atoms with Gasteiger partial charge in [-0.15, -0.1) is 24.0 Å². The summed E-state index contributed by atoms with van der Waals surface area (Å²) < 4.78 is 16.1. The van der Waals surface area contributed by atoms with Crippen LogP contribution in [0, 0.1) is 0 Å². The lowest BCUT2D eigenvalue weighted by Crippen LogP contribution is -2.37. The van der Waals surface area contributed by atoms with Crippen molar-refractivity contribution >= 4 is 29.9 Å². The number of hydrogen-bond donors (Lipinski definition) is 3. The predicted molar refractivity (Wildman–Crippen MR) is 120 cm³/mol. The molecule has 0 fully saturated rings. The molecule has 0 saturated carbocycles. The molecule has 0 amide bonds. The van der Waals surface area contributed by atoms with E-state index in [9.17, 15) is 0 Å². The Labute approximate surface area is 179 Å². The van der Waals surface area contributed by atoms with E-state index in [0.29, 0.717) is 18.0 Å². The Bertz CT molecular complexity index is 530. The van der Waals surface area contributed by atoms with E-state index in [1.54, 1.807) is 7.11 Å². The molecule has 0 spiro atoms. The third-order valence-corrected chi connectivity index (χ3v) is 3.55. The summed E-state index contributed by atoms with van der Waals surface area (Å²) in [7, 11) is 1.60. The molecular formula is C19H34IN3O4. The molecule has 27 heavy (non-hydrogen) atoms. The zero-order valence-electron chi connectivity index (χ0n) is 16.6. The highest BCUT2D eigenvalue weighted by molar-refractivity contribution is 14.0. The van der Waals surface area contributed by atoms with Crippen LogP contribution in [0.4, 0.5) is 0 Å². The van der Waals surface area contributed by atoms with Crippen LogP contribution in [0.25, 0.3) is 0 Å². The second-order valence-corrected chi connectivity index (χ2v) is 5.58. The molecule has 0 atom stereocenters. The maximum Gasteiger partial charge on any atom is 0.191 e. The van der Waals surface area contributed by atoms with Gasteiger partial charge in [-0.05, 0) is 44.4 Å². The van der Waals surface area contributed by atoms with E-state index in [0.717, 1.165) is 50.7 Å². The maximum atomic E-state index is 8.87. The molecule has 0 aliphatic heterocycles. The Hall–Kier alpha value is -1.26. The highest BCUT2D eigenvalue weighted by Gasteiger charge is 2.06. The van der Waals surface area contributed by atoms with E-state index >= 15 is 0 Å². The Kier molecular flexibility index (Phi) is 16.1. The van der Waals surface area contributed by atoms with Gasteiger partial charge in [0.1, 0.15) is 6.61 Å². The minimum atomic E-state index is -0.0303. The molecule has 3 N–H and O–H groups in total. The van der Waals surface area contributed by atoms with Crippen molar-refractivity contribution in [3.05, 3.63) is 23.8 Å². The minimum absolute atomic E-state index is 0. The first kappa shape index (κ1) is 25.7. The maximum absolute atomic E-state index is 8.87. The summed E-state index contributed by atoms with van der Waals surface area (Å²) in [5.41, 5.74) is 1.02. The number of guanidine groups is 1. The van der Waals surface area contributed by atoms with E-state index < -0.39 is 0 Å². The number of unbranched alkanes of at least 4 members (excludes halogenated alkanes) is 1. The monoisotopic (exact) mass is 495 g/mol. The summed E-state index contributed by atoms with van der Waals surface area (Å²) in [6, 6.07) is 5.69. The number of aliphatic imine (C=N–C) groups is 1. The molecule has 0 bridgehead atoms. The molecule has 0 aliphatic carbocycles. The van der Waals surface area contributed by atoms with Crippen LogP contribution >= 0.6 is 24.0 Å². The molecule has 0 radical (unpaired) electrons. The van der Waals surface area contributed by atoms with Crippen LogP contribution < -0.4 is 20.1 Å². The van der Waals surface area contributed by atoms with Crippen LogP contribution in [0.3, 0.4) is 0 Å². The molecule has 1 aromatic rings. The first-order chi connectivity index (χ1) is 12.7. The normalized spacial score (nSPS) is 10.9. The van der Waals surface area contributed by atoms with Crippen molar-refractivity contribution < 1.29 is 19.3 Å². The predicted octanol–water partition coefficient (Wildman–Crippen LogP) is 2.56. The second-order valence-electron chi connectivity index (χ2n) is 5.58. The number of nitrogens with zero attached hydrogens (tertiary/aromatic N) is 1. The molecule has 1 rings (SSSR count). The molecule has 0 aromatic heterocycles. The van der Waals surface area contributed by atoms with Gasteiger partial charge in [-0.3, -0.25) is 0 Å². The highest BCUT2D eigenvalue weighted by Crippen LogP contribution is 2.28. The van der Waals surface area contributed by atoms with Gasteiger partial charge in [0.2, 0.25) is 0 Å². The Morgan fingerprint density at radius 1 is 1.11 bits per heavy atom. The lowest BCUT2D eigenvalue weighted by molar-refractivity contribution is 0.143. The number of halogens is 1. The van der Waals surface area contributed by atoms with Gasteiger partial charge in [0.05, 0.1) is 20.3 Å². The molecule has 0 aliphatic rings. The summed E-state index contributed by atoms with van der Waals surface area (Å²) in [5, 5.41) is 15.5. The van der Waals surface area contributed by atoms with E-state index in [2.05, 4.69) is 15.6 Å². The number of nitrogens with one attached hydrogen (secondary N) is 2. The van der Waals surface area contributed by atoms with Gasteiger partial charge in [0.15, 0.2) is 17.5 Å². The quantitative estimate of drug-likeness (QED) is 0.169. The number of aliphatic hydroxyl groups is 1. The van der Waals surface area contributed by atoms with Crippen LogP contribution in [0.1, 0.15) is 32.3 Å². The smallest absolute Gasteiger partial charge is 0.191 e. The second kappa shape index (κ2) is 16.9. The van der Waals surface area contributed by atoms with E-state index in [1.807, 2.05) is 32.0 Å². The van der Waals surface area contributed by atoms with Gasteiger partial charge in [0, 0.05) is 26.3 Å². The first-order valence-corrected chi connectivity index (χ1v) is 9.25. The van der Waals surface area contributed by atoms with Crippen LogP contribution in [0.5, 0.6) is 11.5 Å². The summed E-state index contributed by atoms with van der Waals surface area (Å²) in [5.74, 6) is 2.05. The summed E-state index contributed by atoms with van der Waals surface area (Å²) in [4.78, 5) is 4.61. The van der Waals surface area contributed by atoms with Crippen molar-refractivity contribution in [3.8, 4) is 11.5 Å². The number of benzene rings is 1. The lowest BCUT2D eigenvalue weighted by atomic mass is 10.2. The van der Waals surface area contributed by atoms with Crippen molar-refractivity contribution in [2.45, 2.75) is 33.2 Å². The third kappa shape index (κ3) is 11.2. The van der Waals surface area contributed by atoms with Crippen LogP contribution in [0.15, 0.2) is 23.2 Å². The number of rotatable bonds is 13. The molecule has 8 heteroatoms. The van der Waals surface area contributed by atoms with Crippen molar-refractivity contribution in [2.24, 2.45) is 4.99 Å². The van der Waals surface area contributed by atoms with Gasteiger partial charge in [-0.1, -0.05) is 6.07 Å². The minimum Gasteiger partial charge on any atom is -0.493 e. The standard InChI is InChI=1S/C19H33N3O4.HI/c1-4-20-19(21-10-6-7-12-25-5-2)22-15-16-8-9-17(26-13-11-23)18(14-16)24-3;/h8-9,14,23H,4-7,10-13,15H2,1-3H3,(H2,20,21,22);1H. The number of hydrogen-bond acceptors (Lipinski definition) is 5. The number of aliphatic hydroxyl groups excluding tert-OH is 1. The zero-order chi connectivity index (χ0) is 19.0. The van der Waals surface area contributed by atoms with Gasteiger partial charge < -0.3 is 30.0 Å². The largest absolute Gasteiger partial charge is 0.493 e. The van der Waals surface area contributed by atoms with Crippen molar-refractivity contribution in [2.75, 3.05) is 46.6 Å². The summed E-state index contributed by atoms with van der Waals surface area (Å²) in [6.45, 7) is 8.03. The molecule has 0 saturated heterocycles. The van der Waals surface area contributed by atoms with Gasteiger partial charge in [-0.2, -0.15) is 0 Å². The molecular weight excluding hydrogens is 461 g/mol. The van der Waals surface area contributed by atoms with E-state index in [4.69, 9.17) is 19.3 Å². The van der Waals surface area contributed by atoms with Crippen molar-refractivity contribution in [1.29, 1.82) is 0 Å². The van der Waals surface area contributed by atoms with E-state index in [-0.39, 0.29) is 37.2 Å². The fourth-order valence-electron chi connectivity index (χ4n) is 2.28. The fraction of sp³-hybridized carbons (Fsp3) is 0.632. The van der Waals surface area contributed by atoms with Crippen LogP contribution in [-0.2, 0) is 11.3 Å². The van der Waals surface area contributed by atoms with Gasteiger partial charge in [0.25, 0.3) is 0 Å². The van der Waals surface area contributed by atoms with Crippen molar-refractivity contribution in [3.63, 3.8) is 0 Å². The highest BCUT2D eigenvalue weighted by atomic mass is 127. The fourth-order valence-corrected chi connectivity index (χ4v) is 2.28. The summed E-state index contributed by atoms with van der Waals surface area (Å²) >= 11 is 0. The van der Waals surface area contributed by atoms with Crippen molar-refractivity contribution in [1.82, 2.24) is 10.6 Å². The molecule has 7 nitrogen and oxygen atoms in total. The van der Waals surface area contributed by atoms with Gasteiger partial charge in [-0.25, -0.2) is 4.99 Å². The third-order valence-electron chi connectivity index (χ3n) is 3.55. The number of ether oxygens (including phenoxy) is 3. The Morgan fingerprint density at radius 3 is 2.59 bits per heavy atom. The van der Waals surface area contributed by atoms with E-state index in [1.165, 1.54) is 0 Å². The van der Waals surface area contributed by atoms with Crippen LogP contribution in [0.2, 0.25) is 0 Å². The molecule has 0 heterocycles. The topological polar surface area (TPSA) is 84.3 Å². The van der Waals surface area contributed by atoms with Gasteiger partial charge >= 0.3 is 0 Å². The number of methoxy groups -OCH3 is 1. The molecule has 0 unspecified atom stereocenters. The van der Waals surface area contributed by atoms with Crippen LogP contribution in [-0.4, -0.2) is 57.7 Å². The first-order valence-electron chi connectivity index (χ1n) is 9.25. The molecule has 156 valence electrons. The SMILES string of the molecule is CCNC(=NCc1ccc(OCCO)c(OC)c1)NCCCCOCC.I. The zero-order valence-corrected chi connectivity index (χ0v) is 19.0. The lowest BCUT2D eigenvalue weighted by Gasteiger charge is -2.13.